The van der Waals surface area contributed by atoms with E-state index in [2.05, 4.69) is 25.7 Å². The van der Waals surface area contributed by atoms with Crippen LogP contribution in [-0.4, -0.2) is 20.4 Å². The van der Waals surface area contributed by atoms with E-state index in [1.54, 1.807) is 6.20 Å². The summed E-state index contributed by atoms with van der Waals surface area (Å²) < 4.78 is 14.6. The van der Waals surface area contributed by atoms with Gasteiger partial charge in [-0.05, 0) is 17.7 Å². The van der Waals surface area contributed by atoms with E-state index in [0.29, 0.717) is 23.3 Å². The molecule has 120 valence electrons. The topological polar surface area (TPSA) is 69.4 Å². The molecular weight excluding hydrogens is 329 g/mol. The van der Waals surface area contributed by atoms with Gasteiger partial charge in [-0.15, -0.1) is 0 Å². The van der Waals surface area contributed by atoms with Crippen LogP contribution in [0.1, 0.15) is 5.69 Å². The van der Waals surface area contributed by atoms with Crippen LogP contribution in [0.15, 0.2) is 48.7 Å². The molecule has 0 spiro atoms. The van der Waals surface area contributed by atoms with Crippen molar-refractivity contribution in [1.29, 1.82) is 0 Å². The third-order valence-corrected chi connectivity index (χ3v) is 4.20. The molecule has 0 unspecified atom stereocenters. The van der Waals surface area contributed by atoms with Gasteiger partial charge < -0.3 is 5.32 Å². The summed E-state index contributed by atoms with van der Waals surface area (Å²) in [4.78, 5) is 0. The summed E-state index contributed by atoms with van der Waals surface area (Å²) in [5.41, 5.74) is 2.67. The average molecular weight is 342 g/mol. The molecule has 4 aromatic rings. The van der Waals surface area contributed by atoms with E-state index in [4.69, 9.17) is 11.6 Å². The third kappa shape index (κ3) is 2.51. The lowest BCUT2D eigenvalue weighted by Crippen LogP contribution is -2.00. The van der Waals surface area contributed by atoms with E-state index >= 15 is 0 Å². The second-order valence-corrected chi connectivity index (χ2v) is 5.73. The minimum Gasteiger partial charge on any atom is -0.362 e. The lowest BCUT2D eigenvalue weighted by molar-refractivity contribution is 0.637. The molecule has 0 fully saturated rings. The van der Waals surface area contributed by atoms with Gasteiger partial charge in [0, 0.05) is 17.1 Å². The van der Waals surface area contributed by atoms with Gasteiger partial charge in [0.15, 0.2) is 11.6 Å². The Morgan fingerprint density at radius 1 is 1.12 bits per heavy atom. The molecule has 2 aromatic carbocycles. The summed E-state index contributed by atoms with van der Waals surface area (Å²) in [6.45, 7) is 0.505. The minimum atomic E-state index is -0.505. The standard InChI is InChI=1S/C17H13ClFN5/c18-14-12(10-4-2-1-3-5-10)8-13-16(15(14)19)23-24-17(13)20-9-11-6-7-21-22-11/h1-8H,9H2,(H,21,22)(H2,20,23,24). The zero-order chi connectivity index (χ0) is 16.5. The molecular formula is C17H13ClFN5. The van der Waals surface area contributed by atoms with Crippen molar-refractivity contribution in [2.75, 3.05) is 5.32 Å². The van der Waals surface area contributed by atoms with Gasteiger partial charge in [0.05, 0.1) is 17.3 Å². The highest BCUT2D eigenvalue weighted by Gasteiger charge is 2.17. The molecule has 0 atom stereocenters. The van der Waals surface area contributed by atoms with Gasteiger partial charge in [-0.25, -0.2) is 4.39 Å². The summed E-state index contributed by atoms with van der Waals surface area (Å²) in [5.74, 6) is 0.0578. The van der Waals surface area contributed by atoms with Crippen molar-refractivity contribution in [2.24, 2.45) is 0 Å². The van der Waals surface area contributed by atoms with Crippen molar-refractivity contribution >= 4 is 28.3 Å². The molecule has 0 saturated heterocycles. The van der Waals surface area contributed by atoms with Gasteiger partial charge in [-0.3, -0.25) is 10.2 Å². The van der Waals surface area contributed by atoms with Crippen LogP contribution in [0.2, 0.25) is 5.02 Å². The van der Waals surface area contributed by atoms with Crippen LogP contribution in [-0.2, 0) is 6.54 Å². The Kier molecular flexibility index (Phi) is 3.66. The van der Waals surface area contributed by atoms with Gasteiger partial charge in [-0.1, -0.05) is 41.9 Å². The quantitative estimate of drug-likeness (QED) is 0.516. The molecule has 3 N–H and O–H groups in total. The number of nitrogens with one attached hydrogen (secondary N) is 3. The van der Waals surface area contributed by atoms with E-state index in [1.165, 1.54) is 0 Å². The zero-order valence-electron chi connectivity index (χ0n) is 12.5. The summed E-state index contributed by atoms with van der Waals surface area (Å²) in [5, 5.41) is 17.5. The molecule has 0 saturated carbocycles. The van der Waals surface area contributed by atoms with Gasteiger partial charge in [0.25, 0.3) is 0 Å². The second-order valence-electron chi connectivity index (χ2n) is 5.35. The van der Waals surface area contributed by atoms with Crippen LogP contribution in [0.3, 0.4) is 0 Å². The fourth-order valence-corrected chi connectivity index (χ4v) is 2.88. The Bertz CT molecular complexity index is 979. The van der Waals surface area contributed by atoms with E-state index < -0.39 is 5.82 Å². The SMILES string of the molecule is Fc1c(Cl)c(-c2ccccc2)cc2c(NCc3ccn[nH]3)n[nH]c12. The number of hydrogen-bond donors (Lipinski definition) is 3. The van der Waals surface area contributed by atoms with E-state index in [0.717, 1.165) is 11.3 Å². The Balaban J connectivity index is 1.78. The van der Waals surface area contributed by atoms with E-state index in [9.17, 15) is 4.39 Å². The van der Waals surface area contributed by atoms with Crippen LogP contribution in [0.5, 0.6) is 0 Å². The Morgan fingerprint density at radius 3 is 2.71 bits per heavy atom. The summed E-state index contributed by atoms with van der Waals surface area (Å²) in [6.07, 6.45) is 1.67. The van der Waals surface area contributed by atoms with Crippen molar-refractivity contribution in [3.63, 3.8) is 0 Å². The van der Waals surface area contributed by atoms with Crippen LogP contribution in [0, 0.1) is 5.82 Å². The first-order valence-corrected chi connectivity index (χ1v) is 7.75. The number of rotatable bonds is 4. The van der Waals surface area contributed by atoms with Crippen molar-refractivity contribution in [3.8, 4) is 11.1 Å². The Labute approximate surface area is 141 Å². The molecule has 0 radical (unpaired) electrons. The number of nitrogens with zero attached hydrogens (tertiary/aromatic N) is 2. The molecule has 0 amide bonds. The van der Waals surface area contributed by atoms with E-state index in [1.807, 2.05) is 42.5 Å². The molecule has 2 heterocycles. The maximum Gasteiger partial charge on any atom is 0.168 e. The highest BCUT2D eigenvalue weighted by Crippen LogP contribution is 2.36. The van der Waals surface area contributed by atoms with Crippen LogP contribution < -0.4 is 5.32 Å². The van der Waals surface area contributed by atoms with E-state index in [-0.39, 0.29) is 10.5 Å². The predicted octanol–water partition coefficient (Wildman–Crippen LogP) is 4.36. The van der Waals surface area contributed by atoms with Gasteiger partial charge >= 0.3 is 0 Å². The minimum absolute atomic E-state index is 0.0810. The first-order chi connectivity index (χ1) is 11.7. The summed E-state index contributed by atoms with van der Waals surface area (Å²) in [6, 6.07) is 13.2. The first kappa shape index (κ1) is 14.7. The number of aromatic nitrogens is 4. The smallest absolute Gasteiger partial charge is 0.168 e. The number of benzene rings is 2. The van der Waals surface area contributed by atoms with Crippen molar-refractivity contribution in [2.45, 2.75) is 6.54 Å². The molecule has 2 aromatic heterocycles. The van der Waals surface area contributed by atoms with Crippen molar-refractivity contribution < 1.29 is 4.39 Å². The second kappa shape index (κ2) is 5.98. The number of halogens is 2. The molecule has 0 aliphatic carbocycles. The Hall–Kier alpha value is -2.86. The predicted molar refractivity (Wildman–Crippen MR) is 92.4 cm³/mol. The van der Waals surface area contributed by atoms with Gasteiger partial charge in [0.2, 0.25) is 0 Å². The summed E-state index contributed by atoms with van der Waals surface area (Å²) >= 11 is 6.22. The normalized spacial score (nSPS) is 11.1. The first-order valence-electron chi connectivity index (χ1n) is 7.37. The van der Waals surface area contributed by atoms with Crippen molar-refractivity contribution in [3.05, 3.63) is 65.2 Å². The highest BCUT2D eigenvalue weighted by molar-refractivity contribution is 6.34. The highest BCUT2D eigenvalue weighted by atomic mass is 35.5. The number of hydrogen-bond acceptors (Lipinski definition) is 3. The third-order valence-electron chi connectivity index (χ3n) is 3.83. The van der Waals surface area contributed by atoms with Gasteiger partial charge in [0.1, 0.15) is 5.52 Å². The molecule has 0 bridgehead atoms. The maximum absolute atomic E-state index is 14.6. The van der Waals surface area contributed by atoms with Crippen LogP contribution in [0.4, 0.5) is 10.2 Å². The molecule has 4 rings (SSSR count). The number of anilines is 1. The fourth-order valence-electron chi connectivity index (χ4n) is 2.62. The number of H-pyrrole nitrogens is 2. The lowest BCUT2D eigenvalue weighted by Gasteiger charge is -2.08. The number of fused-ring (bicyclic) bond motifs is 1. The Morgan fingerprint density at radius 2 is 1.96 bits per heavy atom. The van der Waals surface area contributed by atoms with Crippen LogP contribution in [0.25, 0.3) is 22.0 Å². The maximum atomic E-state index is 14.6. The van der Waals surface area contributed by atoms with Gasteiger partial charge in [-0.2, -0.15) is 10.2 Å². The molecule has 7 heteroatoms. The largest absolute Gasteiger partial charge is 0.362 e. The summed E-state index contributed by atoms with van der Waals surface area (Å²) in [7, 11) is 0. The molecule has 5 nitrogen and oxygen atoms in total. The monoisotopic (exact) mass is 341 g/mol. The molecule has 0 aliphatic heterocycles. The van der Waals surface area contributed by atoms with Crippen LogP contribution >= 0.6 is 11.6 Å². The molecule has 0 aliphatic rings. The number of aromatic amines is 2. The van der Waals surface area contributed by atoms with Crippen molar-refractivity contribution in [1.82, 2.24) is 20.4 Å². The molecule has 24 heavy (non-hydrogen) atoms. The zero-order valence-corrected chi connectivity index (χ0v) is 13.2. The lowest BCUT2D eigenvalue weighted by atomic mass is 10.0. The average Bonchev–Trinajstić information content (AvgIpc) is 3.26. The fraction of sp³-hybridized carbons (Fsp3) is 0.0588.